The summed E-state index contributed by atoms with van der Waals surface area (Å²) in [4.78, 5) is 12.2. The van der Waals surface area contributed by atoms with E-state index >= 15 is 0 Å². The molecule has 1 aliphatic carbocycles. The third-order valence-corrected chi connectivity index (χ3v) is 4.22. The van der Waals surface area contributed by atoms with Crippen molar-refractivity contribution < 1.29 is 13.6 Å². The van der Waals surface area contributed by atoms with Crippen molar-refractivity contribution in [3.05, 3.63) is 64.7 Å². The SMILES string of the molecule is Cl.Nc1ccc2c(c1)CCCC2NC(=O)Cc1c(F)cccc1F. The number of halogens is 3. The molecule has 128 valence electrons. The molecule has 3 N–H and O–H groups in total. The van der Waals surface area contributed by atoms with Crippen LogP contribution in [0.3, 0.4) is 0 Å². The lowest BCUT2D eigenvalue weighted by atomic mass is 9.87. The van der Waals surface area contributed by atoms with Gasteiger partial charge in [0.05, 0.1) is 12.5 Å². The first kappa shape index (κ1) is 18.2. The van der Waals surface area contributed by atoms with Crippen molar-refractivity contribution in [1.29, 1.82) is 0 Å². The van der Waals surface area contributed by atoms with Gasteiger partial charge in [-0.15, -0.1) is 12.4 Å². The van der Waals surface area contributed by atoms with Gasteiger partial charge in [0.15, 0.2) is 0 Å². The van der Waals surface area contributed by atoms with Crippen LogP contribution in [-0.4, -0.2) is 5.91 Å². The molecule has 0 aromatic heterocycles. The monoisotopic (exact) mass is 352 g/mol. The molecule has 6 heteroatoms. The fourth-order valence-corrected chi connectivity index (χ4v) is 3.09. The number of fused-ring (bicyclic) bond motifs is 1. The third kappa shape index (κ3) is 3.85. The Kier molecular flexibility index (Phi) is 5.78. The summed E-state index contributed by atoms with van der Waals surface area (Å²) in [6.45, 7) is 0. The molecule has 0 aliphatic heterocycles. The molecule has 0 saturated carbocycles. The molecule has 2 aromatic carbocycles. The highest BCUT2D eigenvalue weighted by Gasteiger charge is 2.23. The minimum Gasteiger partial charge on any atom is -0.399 e. The number of amides is 1. The first-order valence-corrected chi connectivity index (χ1v) is 7.65. The molecule has 0 fully saturated rings. The van der Waals surface area contributed by atoms with E-state index < -0.39 is 11.6 Å². The summed E-state index contributed by atoms with van der Waals surface area (Å²) in [7, 11) is 0. The standard InChI is InChI=1S/C18H18F2N2O.ClH/c19-15-4-2-5-16(20)14(15)10-18(23)22-17-6-1-3-11-9-12(21)7-8-13(11)17;/h2,4-5,7-9,17H,1,3,6,10,21H2,(H,22,23);1H. The number of carbonyl (C=O) groups is 1. The molecule has 1 unspecified atom stereocenters. The lowest BCUT2D eigenvalue weighted by Crippen LogP contribution is -2.32. The van der Waals surface area contributed by atoms with Crippen LogP contribution in [0.2, 0.25) is 0 Å². The summed E-state index contributed by atoms with van der Waals surface area (Å²) < 4.78 is 27.3. The number of carbonyl (C=O) groups excluding carboxylic acids is 1. The quantitative estimate of drug-likeness (QED) is 0.827. The van der Waals surface area contributed by atoms with Crippen molar-refractivity contribution in [2.75, 3.05) is 5.73 Å². The van der Waals surface area contributed by atoms with Crippen molar-refractivity contribution in [3.63, 3.8) is 0 Å². The maximum atomic E-state index is 13.6. The second-order valence-corrected chi connectivity index (χ2v) is 5.85. The number of hydrogen-bond donors (Lipinski definition) is 2. The molecule has 1 atom stereocenters. The van der Waals surface area contributed by atoms with Crippen LogP contribution in [-0.2, 0) is 17.6 Å². The number of nitrogens with two attached hydrogens (primary N) is 1. The Balaban J connectivity index is 0.00000208. The smallest absolute Gasteiger partial charge is 0.225 e. The first-order chi connectivity index (χ1) is 11.0. The molecule has 0 radical (unpaired) electrons. The molecule has 2 aromatic rings. The zero-order valence-corrected chi connectivity index (χ0v) is 13.8. The summed E-state index contributed by atoms with van der Waals surface area (Å²) in [5, 5.41) is 2.88. The molecule has 3 nitrogen and oxygen atoms in total. The molecule has 24 heavy (non-hydrogen) atoms. The van der Waals surface area contributed by atoms with Crippen LogP contribution in [0.5, 0.6) is 0 Å². The van der Waals surface area contributed by atoms with Crippen LogP contribution in [0, 0.1) is 11.6 Å². The van der Waals surface area contributed by atoms with Gasteiger partial charge in [0.25, 0.3) is 0 Å². The largest absolute Gasteiger partial charge is 0.399 e. The minimum absolute atomic E-state index is 0. The molecular formula is C18H19ClF2N2O. The van der Waals surface area contributed by atoms with E-state index in [-0.39, 0.29) is 36.3 Å². The van der Waals surface area contributed by atoms with Crippen LogP contribution < -0.4 is 11.1 Å². The van der Waals surface area contributed by atoms with Gasteiger partial charge in [-0.2, -0.15) is 0 Å². The van der Waals surface area contributed by atoms with E-state index in [2.05, 4.69) is 5.32 Å². The lowest BCUT2D eigenvalue weighted by Gasteiger charge is -2.26. The molecule has 3 rings (SSSR count). The maximum Gasteiger partial charge on any atom is 0.225 e. The topological polar surface area (TPSA) is 55.1 Å². The van der Waals surface area contributed by atoms with Crippen molar-refractivity contribution in [2.45, 2.75) is 31.7 Å². The molecule has 0 heterocycles. The number of benzene rings is 2. The fourth-order valence-electron chi connectivity index (χ4n) is 3.09. The fraction of sp³-hybridized carbons (Fsp3) is 0.278. The Morgan fingerprint density at radius 1 is 1.21 bits per heavy atom. The van der Waals surface area contributed by atoms with E-state index in [0.717, 1.165) is 42.5 Å². The van der Waals surface area contributed by atoms with Crippen LogP contribution in [0.15, 0.2) is 36.4 Å². The normalized spacial score (nSPS) is 16.0. The van der Waals surface area contributed by atoms with Crippen molar-refractivity contribution in [1.82, 2.24) is 5.32 Å². The number of aryl methyl sites for hydroxylation is 1. The van der Waals surface area contributed by atoms with Crippen LogP contribution >= 0.6 is 12.4 Å². The minimum atomic E-state index is -0.697. The number of hydrogen-bond acceptors (Lipinski definition) is 2. The van der Waals surface area contributed by atoms with Gasteiger partial charge in [0.2, 0.25) is 5.91 Å². The molecule has 0 bridgehead atoms. The van der Waals surface area contributed by atoms with Gasteiger partial charge >= 0.3 is 0 Å². The van der Waals surface area contributed by atoms with E-state index in [0.29, 0.717) is 5.69 Å². The predicted molar refractivity (Wildman–Crippen MR) is 92.0 cm³/mol. The Morgan fingerprint density at radius 2 is 1.92 bits per heavy atom. The average molecular weight is 353 g/mol. The Morgan fingerprint density at radius 3 is 2.62 bits per heavy atom. The zero-order valence-electron chi connectivity index (χ0n) is 13.0. The van der Waals surface area contributed by atoms with E-state index in [9.17, 15) is 13.6 Å². The molecular weight excluding hydrogens is 334 g/mol. The van der Waals surface area contributed by atoms with E-state index in [1.165, 1.54) is 6.07 Å². The highest BCUT2D eigenvalue weighted by Crippen LogP contribution is 2.31. The van der Waals surface area contributed by atoms with Crippen molar-refractivity contribution in [3.8, 4) is 0 Å². The second-order valence-electron chi connectivity index (χ2n) is 5.85. The Bertz CT molecular complexity index is 732. The summed E-state index contributed by atoms with van der Waals surface area (Å²) in [5.74, 6) is -1.78. The van der Waals surface area contributed by atoms with Crippen molar-refractivity contribution in [2.24, 2.45) is 0 Å². The van der Waals surface area contributed by atoms with Gasteiger partial charge < -0.3 is 11.1 Å². The Labute approximate surface area is 145 Å². The highest BCUT2D eigenvalue weighted by atomic mass is 35.5. The Hall–Kier alpha value is -2.14. The van der Waals surface area contributed by atoms with Crippen molar-refractivity contribution >= 4 is 24.0 Å². The molecule has 0 saturated heterocycles. The predicted octanol–water partition coefficient (Wildman–Crippen LogP) is 3.71. The second kappa shape index (κ2) is 7.62. The number of anilines is 1. The van der Waals surface area contributed by atoms with E-state index in [1.807, 2.05) is 12.1 Å². The summed E-state index contributed by atoms with van der Waals surface area (Å²) in [6, 6.07) is 9.10. The van der Waals surface area contributed by atoms with Gasteiger partial charge in [0.1, 0.15) is 11.6 Å². The summed E-state index contributed by atoms with van der Waals surface area (Å²) >= 11 is 0. The van der Waals surface area contributed by atoms with Crippen LogP contribution in [0.4, 0.5) is 14.5 Å². The average Bonchev–Trinajstić information content (AvgIpc) is 2.51. The third-order valence-electron chi connectivity index (χ3n) is 4.22. The lowest BCUT2D eigenvalue weighted by molar-refractivity contribution is -0.121. The van der Waals surface area contributed by atoms with Crippen LogP contribution in [0.1, 0.15) is 35.6 Å². The summed E-state index contributed by atoms with van der Waals surface area (Å²) in [5.41, 5.74) is 8.45. The molecule has 1 amide bonds. The van der Waals surface area contributed by atoms with Gasteiger partial charge in [-0.3, -0.25) is 4.79 Å². The van der Waals surface area contributed by atoms with E-state index in [1.54, 1.807) is 6.07 Å². The van der Waals surface area contributed by atoms with Gasteiger partial charge in [-0.25, -0.2) is 8.78 Å². The van der Waals surface area contributed by atoms with E-state index in [4.69, 9.17) is 5.73 Å². The van der Waals surface area contributed by atoms with Gasteiger partial charge in [0, 0.05) is 11.3 Å². The highest BCUT2D eigenvalue weighted by molar-refractivity contribution is 5.85. The molecule has 1 aliphatic rings. The summed E-state index contributed by atoms with van der Waals surface area (Å²) in [6.07, 6.45) is 2.37. The number of nitrogens with one attached hydrogen (secondary N) is 1. The zero-order chi connectivity index (χ0) is 16.4. The maximum absolute atomic E-state index is 13.6. The van der Waals surface area contributed by atoms with Gasteiger partial charge in [-0.1, -0.05) is 12.1 Å². The van der Waals surface area contributed by atoms with Crippen LogP contribution in [0.25, 0.3) is 0 Å². The number of rotatable bonds is 3. The number of nitrogen functional groups attached to an aromatic ring is 1. The first-order valence-electron chi connectivity index (χ1n) is 7.65. The molecule has 0 spiro atoms. The van der Waals surface area contributed by atoms with Gasteiger partial charge in [-0.05, 0) is 54.7 Å².